The molecule has 0 saturated carbocycles. The van der Waals surface area contributed by atoms with Gasteiger partial charge in [0.15, 0.2) is 0 Å². The van der Waals surface area contributed by atoms with Crippen LogP contribution in [-0.2, 0) is 0 Å². The summed E-state index contributed by atoms with van der Waals surface area (Å²) in [5.41, 5.74) is 2.65. The van der Waals surface area contributed by atoms with E-state index in [1.54, 1.807) is 0 Å². The van der Waals surface area contributed by atoms with Gasteiger partial charge in [-0.1, -0.05) is 6.92 Å². The Morgan fingerprint density at radius 1 is 1.37 bits per heavy atom. The van der Waals surface area contributed by atoms with Crippen molar-refractivity contribution in [3.8, 4) is 0 Å². The van der Waals surface area contributed by atoms with Gasteiger partial charge in [0.1, 0.15) is 0 Å². The summed E-state index contributed by atoms with van der Waals surface area (Å²) >= 11 is 2.37. The van der Waals surface area contributed by atoms with Crippen molar-refractivity contribution in [3.63, 3.8) is 0 Å². The second kappa shape index (κ2) is 6.93. The van der Waals surface area contributed by atoms with Crippen molar-refractivity contribution in [1.82, 2.24) is 4.90 Å². The summed E-state index contributed by atoms with van der Waals surface area (Å²) in [4.78, 5) is 2.55. The predicted molar refractivity (Wildman–Crippen MR) is 91.8 cm³/mol. The first-order valence-electron chi connectivity index (χ1n) is 7.35. The SMILES string of the molecule is CCN1CCC(C(C)Nc2ccc(I)cc2C)CC1. The van der Waals surface area contributed by atoms with Gasteiger partial charge in [0.05, 0.1) is 0 Å². The second-order valence-electron chi connectivity index (χ2n) is 5.66. The first-order valence-corrected chi connectivity index (χ1v) is 8.43. The number of nitrogens with zero attached hydrogens (tertiary/aromatic N) is 1. The summed E-state index contributed by atoms with van der Waals surface area (Å²) in [6.45, 7) is 10.5. The van der Waals surface area contributed by atoms with E-state index in [1.807, 2.05) is 0 Å². The highest BCUT2D eigenvalue weighted by Gasteiger charge is 2.23. The zero-order valence-electron chi connectivity index (χ0n) is 12.2. The molecule has 1 saturated heterocycles. The molecule has 1 fully saturated rings. The summed E-state index contributed by atoms with van der Waals surface area (Å²) in [5, 5.41) is 3.72. The number of hydrogen-bond donors (Lipinski definition) is 1. The van der Waals surface area contributed by atoms with Crippen LogP contribution in [0.15, 0.2) is 18.2 Å². The van der Waals surface area contributed by atoms with Crippen LogP contribution in [-0.4, -0.2) is 30.6 Å². The third-order valence-corrected chi connectivity index (χ3v) is 5.03. The molecule has 3 heteroatoms. The van der Waals surface area contributed by atoms with E-state index < -0.39 is 0 Å². The molecule has 106 valence electrons. The van der Waals surface area contributed by atoms with E-state index in [4.69, 9.17) is 0 Å². The van der Waals surface area contributed by atoms with Crippen molar-refractivity contribution in [2.24, 2.45) is 5.92 Å². The number of aryl methyl sites for hydroxylation is 1. The van der Waals surface area contributed by atoms with E-state index in [1.165, 1.54) is 47.3 Å². The van der Waals surface area contributed by atoms with E-state index >= 15 is 0 Å². The van der Waals surface area contributed by atoms with Crippen LogP contribution in [0.25, 0.3) is 0 Å². The Morgan fingerprint density at radius 3 is 2.63 bits per heavy atom. The number of halogens is 1. The number of rotatable bonds is 4. The number of piperidine rings is 1. The Hall–Kier alpha value is -0.290. The average Bonchev–Trinajstić information content (AvgIpc) is 2.42. The number of anilines is 1. The first-order chi connectivity index (χ1) is 9.10. The Kier molecular flexibility index (Phi) is 5.51. The van der Waals surface area contributed by atoms with Gasteiger partial charge in [-0.25, -0.2) is 0 Å². The topological polar surface area (TPSA) is 15.3 Å². The molecule has 1 unspecified atom stereocenters. The van der Waals surface area contributed by atoms with Gasteiger partial charge in [0, 0.05) is 15.3 Å². The number of nitrogens with one attached hydrogen (secondary N) is 1. The normalized spacial score (nSPS) is 19.4. The van der Waals surface area contributed by atoms with Crippen LogP contribution in [0.2, 0.25) is 0 Å². The minimum absolute atomic E-state index is 0.567. The molecular formula is C16H25IN2. The lowest BCUT2D eigenvalue weighted by Crippen LogP contribution is -2.39. The van der Waals surface area contributed by atoms with Crippen LogP contribution < -0.4 is 5.32 Å². The van der Waals surface area contributed by atoms with Crippen LogP contribution in [0.5, 0.6) is 0 Å². The minimum atomic E-state index is 0.567. The maximum atomic E-state index is 3.72. The Morgan fingerprint density at radius 2 is 2.05 bits per heavy atom. The van der Waals surface area contributed by atoms with Gasteiger partial charge in [-0.2, -0.15) is 0 Å². The molecule has 0 amide bonds. The zero-order valence-corrected chi connectivity index (χ0v) is 14.4. The Balaban J connectivity index is 1.92. The largest absolute Gasteiger partial charge is 0.382 e. The lowest BCUT2D eigenvalue weighted by molar-refractivity contribution is 0.183. The van der Waals surface area contributed by atoms with Crippen molar-refractivity contribution in [1.29, 1.82) is 0 Å². The van der Waals surface area contributed by atoms with Crippen molar-refractivity contribution in [2.75, 3.05) is 25.0 Å². The molecule has 1 atom stereocenters. The molecular weight excluding hydrogens is 347 g/mol. The quantitative estimate of drug-likeness (QED) is 0.800. The fraction of sp³-hybridized carbons (Fsp3) is 0.625. The molecule has 0 aromatic heterocycles. The monoisotopic (exact) mass is 372 g/mol. The number of benzene rings is 1. The molecule has 1 aliphatic rings. The lowest BCUT2D eigenvalue weighted by Gasteiger charge is -2.35. The zero-order chi connectivity index (χ0) is 13.8. The van der Waals surface area contributed by atoms with E-state index in [0.717, 1.165) is 5.92 Å². The van der Waals surface area contributed by atoms with Gasteiger partial charge in [-0.15, -0.1) is 0 Å². The molecule has 1 aliphatic heterocycles. The predicted octanol–water partition coefficient (Wildman–Crippen LogP) is 4.13. The Bertz CT molecular complexity index is 411. The summed E-state index contributed by atoms with van der Waals surface area (Å²) < 4.78 is 1.31. The van der Waals surface area contributed by atoms with Gasteiger partial charge in [0.2, 0.25) is 0 Å². The van der Waals surface area contributed by atoms with Crippen molar-refractivity contribution in [2.45, 2.75) is 39.7 Å². The summed E-state index contributed by atoms with van der Waals surface area (Å²) in [6.07, 6.45) is 2.65. The van der Waals surface area contributed by atoms with Gasteiger partial charge < -0.3 is 10.2 Å². The second-order valence-corrected chi connectivity index (χ2v) is 6.91. The van der Waals surface area contributed by atoms with Crippen LogP contribution in [0.3, 0.4) is 0 Å². The third kappa shape index (κ3) is 4.09. The van der Waals surface area contributed by atoms with Gasteiger partial charge >= 0.3 is 0 Å². The molecule has 0 spiro atoms. The van der Waals surface area contributed by atoms with E-state index in [-0.39, 0.29) is 0 Å². The molecule has 1 N–H and O–H groups in total. The summed E-state index contributed by atoms with van der Waals surface area (Å²) in [6, 6.07) is 7.21. The lowest BCUT2D eigenvalue weighted by atomic mass is 9.90. The highest BCUT2D eigenvalue weighted by Crippen LogP contribution is 2.25. The van der Waals surface area contributed by atoms with Crippen molar-refractivity contribution in [3.05, 3.63) is 27.3 Å². The van der Waals surface area contributed by atoms with E-state index in [0.29, 0.717) is 6.04 Å². The summed E-state index contributed by atoms with van der Waals surface area (Å²) in [7, 11) is 0. The number of likely N-dealkylation sites (tertiary alicyclic amines) is 1. The smallest absolute Gasteiger partial charge is 0.0372 e. The maximum absolute atomic E-state index is 3.72. The fourth-order valence-corrected chi connectivity index (χ4v) is 3.57. The maximum Gasteiger partial charge on any atom is 0.0372 e. The van der Waals surface area contributed by atoms with Crippen molar-refractivity contribution < 1.29 is 0 Å². The van der Waals surface area contributed by atoms with Gasteiger partial charge in [0.25, 0.3) is 0 Å². The number of hydrogen-bond acceptors (Lipinski definition) is 2. The van der Waals surface area contributed by atoms with Crippen LogP contribution >= 0.6 is 22.6 Å². The van der Waals surface area contributed by atoms with Crippen LogP contribution in [0.1, 0.15) is 32.3 Å². The molecule has 2 nitrogen and oxygen atoms in total. The summed E-state index contributed by atoms with van der Waals surface area (Å²) in [5.74, 6) is 0.807. The highest BCUT2D eigenvalue weighted by molar-refractivity contribution is 14.1. The molecule has 1 heterocycles. The molecule has 1 aromatic rings. The molecule has 0 radical (unpaired) electrons. The van der Waals surface area contributed by atoms with Gasteiger partial charge in [-0.3, -0.25) is 0 Å². The van der Waals surface area contributed by atoms with E-state index in [2.05, 4.69) is 71.8 Å². The first kappa shape index (κ1) is 15.1. The molecule has 0 bridgehead atoms. The standard InChI is InChI=1S/C16H25IN2/c1-4-19-9-7-14(8-10-19)13(3)18-16-6-5-15(17)11-12(16)2/h5-6,11,13-14,18H,4,7-10H2,1-3H3. The molecule has 2 rings (SSSR count). The highest BCUT2D eigenvalue weighted by atomic mass is 127. The fourth-order valence-electron chi connectivity index (χ4n) is 2.92. The van der Waals surface area contributed by atoms with Gasteiger partial charge in [-0.05, 0) is 98.6 Å². The Labute approximate surface area is 131 Å². The molecule has 0 aliphatic carbocycles. The van der Waals surface area contributed by atoms with Crippen LogP contribution in [0.4, 0.5) is 5.69 Å². The van der Waals surface area contributed by atoms with Crippen LogP contribution in [0, 0.1) is 16.4 Å². The van der Waals surface area contributed by atoms with E-state index in [9.17, 15) is 0 Å². The molecule has 19 heavy (non-hydrogen) atoms. The molecule has 1 aromatic carbocycles. The van der Waals surface area contributed by atoms with Crippen molar-refractivity contribution >= 4 is 28.3 Å². The third-order valence-electron chi connectivity index (χ3n) is 4.36. The minimum Gasteiger partial charge on any atom is -0.382 e. The average molecular weight is 372 g/mol.